The van der Waals surface area contributed by atoms with E-state index in [1.165, 1.54) is 0 Å². The van der Waals surface area contributed by atoms with Crippen molar-refractivity contribution >= 4 is 12.0 Å². The summed E-state index contributed by atoms with van der Waals surface area (Å²) in [5.41, 5.74) is 1.61. The first-order valence-electron chi connectivity index (χ1n) is 7.94. The summed E-state index contributed by atoms with van der Waals surface area (Å²) in [4.78, 5) is 12.0. The van der Waals surface area contributed by atoms with Gasteiger partial charge in [-0.25, -0.2) is 4.79 Å². The molecule has 0 aromatic heterocycles. The van der Waals surface area contributed by atoms with Crippen molar-refractivity contribution in [1.82, 2.24) is 0 Å². The van der Waals surface area contributed by atoms with Crippen LogP contribution in [-0.2, 0) is 14.3 Å². The molecule has 3 rings (SSSR count). The summed E-state index contributed by atoms with van der Waals surface area (Å²) < 4.78 is 11.2. The van der Waals surface area contributed by atoms with Crippen LogP contribution in [0.1, 0.15) is 31.2 Å². The highest BCUT2D eigenvalue weighted by Crippen LogP contribution is 2.38. The molecule has 116 valence electrons. The number of allylic oxidation sites excluding steroid dienone is 1. The van der Waals surface area contributed by atoms with Crippen LogP contribution in [0, 0.1) is 5.92 Å². The number of fused-ring (bicyclic) bond motifs is 2. The Bertz CT molecular complexity index is 561. The lowest BCUT2D eigenvalue weighted by atomic mass is 9.90. The van der Waals surface area contributed by atoms with Gasteiger partial charge in [0.25, 0.3) is 0 Å². The molecule has 1 aromatic rings. The number of esters is 1. The van der Waals surface area contributed by atoms with E-state index in [0.717, 1.165) is 24.8 Å². The van der Waals surface area contributed by atoms with E-state index < -0.39 is 0 Å². The fourth-order valence-corrected chi connectivity index (χ4v) is 3.19. The highest BCUT2D eigenvalue weighted by molar-refractivity contribution is 5.88. The van der Waals surface area contributed by atoms with Crippen molar-refractivity contribution in [2.45, 2.75) is 37.9 Å². The fourth-order valence-electron chi connectivity index (χ4n) is 3.19. The van der Waals surface area contributed by atoms with Crippen molar-refractivity contribution in [2.24, 2.45) is 5.92 Å². The van der Waals surface area contributed by atoms with Crippen LogP contribution in [0.4, 0.5) is 0 Å². The largest absolute Gasteiger partial charge is 0.462 e. The van der Waals surface area contributed by atoms with Gasteiger partial charge in [0.15, 0.2) is 0 Å². The zero-order valence-electron chi connectivity index (χ0n) is 12.7. The van der Waals surface area contributed by atoms with Crippen molar-refractivity contribution in [2.75, 3.05) is 6.61 Å². The molecule has 0 radical (unpaired) electrons. The molecule has 3 nitrogen and oxygen atoms in total. The third-order valence-electron chi connectivity index (χ3n) is 4.42. The number of rotatable bonds is 6. The van der Waals surface area contributed by atoms with E-state index in [1.54, 1.807) is 0 Å². The van der Waals surface area contributed by atoms with Crippen molar-refractivity contribution in [1.29, 1.82) is 0 Å². The van der Waals surface area contributed by atoms with Gasteiger partial charge in [-0.3, -0.25) is 0 Å². The van der Waals surface area contributed by atoms with E-state index in [-0.39, 0.29) is 5.97 Å². The number of ether oxygens (including phenoxy) is 2. The van der Waals surface area contributed by atoms with Gasteiger partial charge in [0.05, 0.1) is 18.8 Å². The van der Waals surface area contributed by atoms with E-state index >= 15 is 0 Å². The molecule has 2 aliphatic rings. The van der Waals surface area contributed by atoms with Crippen LogP contribution in [-0.4, -0.2) is 24.8 Å². The van der Waals surface area contributed by atoms with Gasteiger partial charge in [-0.1, -0.05) is 49.1 Å². The zero-order chi connectivity index (χ0) is 15.4. The Morgan fingerprint density at radius 2 is 2.14 bits per heavy atom. The minimum atomic E-state index is -0.291. The highest BCUT2D eigenvalue weighted by atomic mass is 16.5. The molecule has 0 saturated carbocycles. The number of hydrogen-bond donors (Lipinski definition) is 0. The molecule has 0 spiro atoms. The monoisotopic (exact) mass is 298 g/mol. The number of carbonyl (C=O) groups excluding carboxylic acids is 1. The third kappa shape index (κ3) is 3.66. The Kier molecular flexibility index (Phi) is 4.74. The minimum Gasteiger partial charge on any atom is -0.462 e. The van der Waals surface area contributed by atoms with E-state index in [0.29, 0.717) is 36.7 Å². The third-order valence-corrected chi connectivity index (χ3v) is 4.42. The van der Waals surface area contributed by atoms with E-state index in [1.807, 2.05) is 42.5 Å². The van der Waals surface area contributed by atoms with Crippen molar-refractivity contribution in [3.8, 4) is 0 Å². The number of benzene rings is 1. The standard InChI is InChI=1S/C19H22O3/c1-14(6-5-9-15-7-3-2-4-8-15)19(20)21-13-16-12-17-10-11-18(16)22-17/h2-5,7-9,16-18H,1,6,10-13H2. The molecule has 1 aromatic carbocycles. The van der Waals surface area contributed by atoms with Gasteiger partial charge >= 0.3 is 5.97 Å². The second-order valence-corrected chi connectivity index (χ2v) is 6.09. The molecule has 2 saturated heterocycles. The second-order valence-electron chi connectivity index (χ2n) is 6.09. The van der Waals surface area contributed by atoms with Gasteiger partial charge in [-0.15, -0.1) is 0 Å². The van der Waals surface area contributed by atoms with Crippen LogP contribution in [0.2, 0.25) is 0 Å². The van der Waals surface area contributed by atoms with Gasteiger partial charge in [0.2, 0.25) is 0 Å². The Morgan fingerprint density at radius 1 is 1.32 bits per heavy atom. The summed E-state index contributed by atoms with van der Waals surface area (Å²) in [6.45, 7) is 4.28. The van der Waals surface area contributed by atoms with Crippen LogP contribution in [0.5, 0.6) is 0 Å². The maximum atomic E-state index is 12.0. The number of carbonyl (C=O) groups is 1. The summed E-state index contributed by atoms with van der Waals surface area (Å²) in [5.74, 6) is 0.0795. The molecular formula is C19H22O3. The van der Waals surface area contributed by atoms with Crippen LogP contribution in [0.25, 0.3) is 6.08 Å². The topological polar surface area (TPSA) is 35.5 Å². The van der Waals surface area contributed by atoms with Crippen LogP contribution < -0.4 is 0 Å². The lowest BCUT2D eigenvalue weighted by molar-refractivity contribution is -0.140. The predicted molar refractivity (Wildman–Crippen MR) is 86.2 cm³/mol. The van der Waals surface area contributed by atoms with E-state index in [4.69, 9.17) is 9.47 Å². The van der Waals surface area contributed by atoms with E-state index in [9.17, 15) is 4.79 Å². The van der Waals surface area contributed by atoms with Crippen molar-refractivity contribution in [3.63, 3.8) is 0 Å². The molecule has 3 atom stereocenters. The van der Waals surface area contributed by atoms with Gasteiger partial charge < -0.3 is 9.47 Å². The quantitative estimate of drug-likeness (QED) is 0.592. The maximum Gasteiger partial charge on any atom is 0.333 e. The van der Waals surface area contributed by atoms with Gasteiger partial charge in [0, 0.05) is 11.5 Å². The molecule has 2 aliphatic heterocycles. The average molecular weight is 298 g/mol. The predicted octanol–water partition coefficient (Wildman–Crippen LogP) is 3.76. The Hall–Kier alpha value is -1.87. The second kappa shape index (κ2) is 6.93. The first kappa shape index (κ1) is 15.0. The normalized spacial score (nSPS) is 26.5. The van der Waals surface area contributed by atoms with Crippen molar-refractivity contribution in [3.05, 3.63) is 54.1 Å². The average Bonchev–Trinajstić information content (AvgIpc) is 3.16. The minimum absolute atomic E-state index is 0.291. The Balaban J connectivity index is 1.40. The molecule has 2 heterocycles. The Morgan fingerprint density at radius 3 is 2.82 bits per heavy atom. The lowest BCUT2D eigenvalue weighted by Gasteiger charge is -2.18. The van der Waals surface area contributed by atoms with Crippen LogP contribution in [0.3, 0.4) is 0 Å². The molecule has 2 fully saturated rings. The summed E-state index contributed by atoms with van der Waals surface area (Å²) in [7, 11) is 0. The number of hydrogen-bond acceptors (Lipinski definition) is 3. The van der Waals surface area contributed by atoms with Gasteiger partial charge in [0.1, 0.15) is 0 Å². The van der Waals surface area contributed by atoms with Gasteiger partial charge in [-0.2, -0.15) is 0 Å². The molecule has 0 aliphatic carbocycles. The van der Waals surface area contributed by atoms with Crippen LogP contribution in [0.15, 0.2) is 48.6 Å². The summed E-state index contributed by atoms with van der Waals surface area (Å²) in [6, 6.07) is 9.99. The van der Waals surface area contributed by atoms with Crippen LogP contribution >= 0.6 is 0 Å². The van der Waals surface area contributed by atoms with E-state index in [2.05, 4.69) is 6.58 Å². The molecule has 3 heteroatoms. The SMILES string of the molecule is C=C(CC=Cc1ccccc1)C(=O)OCC1CC2CCC1O2. The summed E-state index contributed by atoms with van der Waals surface area (Å²) >= 11 is 0. The lowest BCUT2D eigenvalue weighted by Crippen LogP contribution is -2.23. The molecule has 2 bridgehead atoms. The van der Waals surface area contributed by atoms with Crippen molar-refractivity contribution < 1.29 is 14.3 Å². The summed E-state index contributed by atoms with van der Waals surface area (Å²) in [6.07, 6.45) is 8.43. The molecule has 0 N–H and O–H groups in total. The fraction of sp³-hybridized carbons (Fsp3) is 0.421. The highest BCUT2D eigenvalue weighted by Gasteiger charge is 2.41. The zero-order valence-corrected chi connectivity index (χ0v) is 12.7. The first-order chi connectivity index (χ1) is 10.7. The molecular weight excluding hydrogens is 276 g/mol. The van der Waals surface area contributed by atoms with Gasteiger partial charge in [-0.05, 0) is 31.2 Å². The summed E-state index contributed by atoms with van der Waals surface area (Å²) in [5, 5.41) is 0. The first-order valence-corrected chi connectivity index (χ1v) is 7.94. The molecule has 0 amide bonds. The smallest absolute Gasteiger partial charge is 0.333 e. The maximum absolute atomic E-state index is 12.0. The molecule has 22 heavy (non-hydrogen) atoms. The molecule has 3 unspecified atom stereocenters. The Labute approximate surface area is 131 Å².